The van der Waals surface area contributed by atoms with Gasteiger partial charge < -0.3 is 9.30 Å². The third kappa shape index (κ3) is 3.92. The van der Waals surface area contributed by atoms with E-state index in [1.165, 1.54) is 0 Å². The molecule has 4 rings (SSSR count). The summed E-state index contributed by atoms with van der Waals surface area (Å²) in [6.07, 6.45) is -0.414. The Hall–Kier alpha value is -3.35. The van der Waals surface area contributed by atoms with Crippen LogP contribution in [0.3, 0.4) is 0 Å². The molecule has 0 spiro atoms. The van der Waals surface area contributed by atoms with Gasteiger partial charge in [0, 0.05) is 12.6 Å². The molecule has 3 aromatic carbocycles. The molecule has 0 aliphatic heterocycles. The molecule has 0 N–H and O–H groups in total. The molecule has 0 bridgehead atoms. The van der Waals surface area contributed by atoms with Gasteiger partial charge >= 0.3 is 0 Å². The zero-order valence-corrected chi connectivity index (χ0v) is 15.2. The summed E-state index contributed by atoms with van der Waals surface area (Å²) in [4.78, 5) is 4.77. The Balaban J connectivity index is 1.68. The number of nitrogens with zero attached hydrogens (tertiary/aromatic N) is 2. The molecular formula is C24H20N2O. The lowest BCUT2D eigenvalue weighted by atomic mass is 10.2. The van der Waals surface area contributed by atoms with Crippen LogP contribution in [-0.2, 0) is 18.4 Å². The molecule has 4 aromatic rings. The highest BCUT2D eigenvalue weighted by atomic mass is 16.5. The first-order valence-corrected chi connectivity index (χ1v) is 8.95. The van der Waals surface area contributed by atoms with E-state index < -0.39 is 6.10 Å². The van der Waals surface area contributed by atoms with Crippen molar-refractivity contribution >= 4 is 11.0 Å². The third-order valence-electron chi connectivity index (χ3n) is 4.44. The maximum absolute atomic E-state index is 6.19. The summed E-state index contributed by atoms with van der Waals surface area (Å²) in [6.45, 7) is 0.484. The molecule has 0 amide bonds. The second-order valence-corrected chi connectivity index (χ2v) is 6.33. The number of aryl methyl sites for hydroxylation is 1. The largest absolute Gasteiger partial charge is 0.353 e. The van der Waals surface area contributed by atoms with Crippen LogP contribution in [0.25, 0.3) is 11.0 Å². The molecule has 27 heavy (non-hydrogen) atoms. The molecule has 0 aliphatic rings. The Labute approximate surface area is 159 Å². The minimum absolute atomic E-state index is 0.414. The van der Waals surface area contributed by atoms with Gasteiger partial charge in [-0.15, -0.1) is 0 Å². The second kappa shape index (κ2) is 7.90. The van der Waals surface area contributed by atoms with Crippen LogP contribution in [0.1, 0.15) is 23.1 Å². The lowest BCUT2D eigenvalue weighted by molar-refractivity contribution is 0.0711. The molecule has 0 aliphatic carbocycles. The van der Waals surface area contributed by atoms with Crippen LogP contribution in [-0.4, -0.2) is 9.55 Å². The number of imidazole rings is 1. The van der Waals surface area contributed by atoms with Gasteiger partial charge in [0.1, 0.15) is 0 Å². The van der Waals surface area contributed by atoms with Crippen LogP contribution in [0.15, 0.2) is 84.9 Å². The fourth-order valence-corrected chi connectivity index (χ4v) is 3.00. The van der Waals surface area contributed by atoms with Crippen molar-refractivity contribution in [2.24, 2.45) is 7.05 Å². The van der Waals surface area contributed by atoms with Crippen molar-refractivity contribution in [3.05, 3.63) is 102 Å². The molecular weight excluding hydrogens is 332 g/mol. The van der Waals surface area contributed by atoms with Gasteiger partial charge in [-0.25, -0.2) is 4.98 Å². The summed E-state index contributed by atoms with van der Waals surface area (Å²) < 4.78 is 8.25. The van der Waals surface area contributed by atoms with E-state index in [2.05, 4.69) is 34.6 Å². The Kier molecular flexibility index (Phi) is 5.00. The summed E-state index contributed by atoms with van der Waals surface area (Å²) in [7, 11) is 2.01. The van der Waals surface area contributed by atoms with Gasteiger partial charge in [-0.05, 0) is 29.8 Å². The van der Waals surface area contributed by atoms with Gasteiger partial charge in [-0.1, -0.05) is 72.5 Å². The van der Waals surface area contributed by atoms with Gasteiger partial charge in [0.2, 0.25) is 0 Å². The quantitative estimate of drug-likeness (QED) is 0.489. The first-order chi connectivity index (χ1) is 13.3. The first-order valence-electron chi connectivity index (χ1n) is 8.95. The maximum atomic E-state index is 6.19. The fourth-order valence-electron chi connectivity index (χ4n) is 3.00. The molecule has 1 unspecified atom stereocenters. The Morgan fingerprint density at radius 1 is 0.889 bits per heavy atom. The highest BCUT2D eigenvalue weighted by Crippen LogP contribution is 2.23. The number of para-hydroxylation sites is 2. The molecule has 3 heteroatoms. The normalized spacial score (nSPS) is 11.7. The lowest BCUT2D eigenvalue weighted by Crippen LogP contribution is -2.09. The molecule has 0 radical (unpaired) electrons. The molecule has 0 fully saturated rings. The Bertz CT molecular complexity index is 1090. The number of hydrogen-bond acceptors (Lipinski definition) is 2. The summed E-state index contributed by atoms with van der Waals surface area (Å²) in [6, 6.07) is 28.2. The van der Waals surface area contributed by atoms with Crippen LogP contribution in [0.4, 0.5) is 0 Å². The third-order valence-corrected chi connectivity index (χ3v) is 4.44. The zero-order chi connectivity index (χ0) is 18.5. The van der Waals surface area contributed by atoms with E-state index in [0.717, 1.165) is 28.0 Å². The van der Waals surface area contributed by atoms with Gasteiger partial charge in [0.25, 0.3) is 0 Å². The molecule has 1 heterocycles. The summed E-state index contributed by atoms with van der Waals surface area (Å²) >= 11 is 0. The van der Waals surface area contributed by atoms with E-state index in [0.29, 0.717) is 6.61 Å². The number of ether oxygens (including phenoxy) is 1. The minimum atomic E-state index is -0.414. The molecule has 1 atom stereocenters. The number of aromatic nitrogens is 2. The summed E-state index contributed by atoms with van der Waals surface area (Å²) in [5.41, 5.74) is 4.10. The highest BCUT2D eigenvalue weighted by Gasteiger charge is 2.17. The lowest BCUT2D eigenvalue weighted by Gasteiger charge is -2.12. The standard InChI is InChI=1S/C24H20N2O/c1-26-22-15-9-8-14-21(22)25-24(26)23(17-16-19-10-4-2-5-11-19)27-18-20-12-6-3-7-13-20/h2-15,23H,18H2,1H3. The average Bonchev–Trinajstić information content (AvgIpc) is 3.06. The van der Waals surface area contributed by atoms with E-state index in [1.807, 2.05) is 73.8 Å². The predicted molar refractivity (Wildman–Crippen MR) is 108 cm³/mol. The first kappa shape index (κ1) is 17.1. The molecule has 0 saturated heterocycles. The van der Waals surface area contributed by atoms with Crippen molar-refractivity contribution in [2.45, 2.75) is 12.7 Å². The number of benzene rings is 3. The van der Waals surface area contributed by atoms with Crippen LogP contribution < -0.4 is 0 Å². The minimum Gasteiger partial charge on any atom is -0.353 e. The molecule has 132 valence electrons. The number of rotatable bonds is 4. The average molecular weight is 352 g/mol. The summed E-state index contributed by atoms with van der Waals surface area (Å²) in [5.74, 6) is 7.31. The topological polar surface area (TPSA) is 27.1 Å². The highest BCUT2D eigenvalue weighted by molar-refractivity contribution is 5.76. The molecule has 0 saturated carbocycles. The van der Waals surface area contributed by atoms with E-state index in [1.54, 1.807) is 0 Å². The van der Waals surface area contributed by atoms with Crippen molar-refractivity contribution in [1.82, 2.24) is 9.55 Å². The van der Waals surface area contributed by atoms with Crippen LogP contribution in [0, 0.1) is 11.8 Å². The van der Waals surface area contributed by atoms with Crippen molar-refractivity contribution in [1.29, 1.82) is 0 Å². The fraction of sp³-hybridized carbons (Fsp3) is 0.125. The van der Waals surface area contributed by atoms with Crippen LogP contribution in [0.2, 0.25) is 0 Å². The molecule has 1 aromatic heterocycles. The Morgan fingerprint density at radius 3 is 2.30 bits per heavy atom. The maximum Gasteiger partial charge on any atom is 0.176 e. The molecule has 3 nitrogen and oxygen atoms in total. The second-order valence-electron chi connectivity index (χ2n) is 6.33. The van der Waals surface area contributed by atoms with Crippen molar-refractivity contribution in [2.75, 3.05) is 0 Å². The SMILES string of the molecule is Cn1c(C(C#Cc2ccccc2)OCc2ccccc2)nc2ccccc21. The van der Waals surface area contributed by atoms with Crippen molar-refractivity contribution in [3.63, 3.8) is 0 Å². The van der Waals surface area contributed by atoms with E-state index in [4.69, 9.17) is 9.72 Å². The van der Waals surface area contributed by atoms with E-state index in [-0.39, 0.29) is 0 Å². The van der Waals surface area contributed by atoms with E-state index in [9.17, 15) is 0 Å². The zero-order valence-electron chi connectivity index (χ0n) is 15.2. The van der Waals surface area contributed by atoms with Gasteiger partial charge in [-0.2, -0.15) is 0 Å². The van der Waals surface area contributed by atoms with Crippen molar-refractivity contribution in [3.8, 4) is 11.8 Å². The van der Waals surface area contributed by atoms with Crippen LogP contribution >= 0.6 is 0 Å². The van der Waals surface area contributed by atoms with Crippen LogP contribution in [0.5, 0.6) is 0 Å². The monoisotopic (exact) mass is 352 g/mol. The number of fused-ring (bicyclic) bond motifs is 1. The number of hydrogen-bond donors (Lipinski definition) is 0. The Morgan fingerprint density at radius 2 is 1.56 bits per heavy atom. The van der Waals surface area contributed by atoms with Crippen molar-refractivity contribution < 1.29 is 4.74 Å². The van der Waals surface area contributed by atoms with Gasteiger partial charge in [-0.3, -0.25) is 0 Å². The predicted octanol–water partition coefficient (Wildman–Crippen LogP) is 4.88. The van der Waals surface area contributed by atoms with E-state index >= 15 is 0 Å². The van der Waals surface area contributed by atoms with Gasteiger partial charge in [0.05, 0.1) is 17.6 Å². The summed E-state index contributed by atoms with van der Waals surface area (Å²) in [5, 5.41) is 0. The van der Waals surface area contributed by atoms with Gasteiger partial charge in [0.15, 0.2) is 11.9 Å². The smallest absolute Gasteiger partial charge is 0.176 e.